The van der Waals surface area contributed by atoms with Gasteiger partial charge in [-0.05, 0) is 32.1 Å². The second kappa shape index (κ2) is 4.06. The number of hydrogen-bond donors (Lipinski definition) is 2. The molecule has 2 heterocycles. The molecule has 0 spiro atoms. The standard InChI is InChI=1S/C12H13N5S/c1-7(2)17-11(15-16-12(17)18)10-8-5-3-4-6-9(8)13-14-10/h3-7H,1-2H3,(H,13,14)(H,16,18). The Bertz CT molecular complexity index is 749. The monoisotopic (exact) mass is 259 g/mol. The van der Waals surface area contributed by atoms with Crippen molar-refractivity contribution in [2.45, 2.75) is 19.9 Å². The van der Waals surface area contributed by atoms with Crippen molar-refractivity contribution in [2.24, 2.45) is 0 Å². The third kappa shape index (κ3) is 1.57. The van der Waals surface area contributed by atoms with Crippen molar-refractivity contribution >= 4 is 23.1 Å². The number of benzene rings is 1. The molecule has 1 aromatic carbocycles. The van der Waals surface area contributed by atoms with Crippen molar-refractivity contribution in [1.82, 2.24) is 25.0 Å². The Morgan fingerprint density at radius 3 is 2.72 bits per heavy atom. The normalized spacial score (nSPS) is 11.5. The molecule has 3 rings (SSSR count). The van der Waals surface area contributed by atoms with Crippen LogP contribution in [-0.2, 0) is 0 Å². The molecule has 0 saturated heterocycles. The highest BCUT2D eigenvalue weighted by molar-refractivity contribution is 7.71. The second-order valence-electron chi connectivity index (χ2n) is 4.43. The van der Waals surface area contributed by atoms with Gasteiger partial charge in [-0.1, -0.05) is 18.2 Å². The third-order valence-corrected chi connectivity index (χ3v) is 3.19. The van der Waals surface area contributed by atoms with Crippen molar-refractivity contribution in [3.63, 3.8) is 0 Å². The van der Waals surface area contributed by atoms with Gasteiger partial charge < -0.3 is 0 Å². The fourth-order valence-corrected chi connectivity index (χ4v) is 2.43. The first-order valence-corrected chi connectivity index (χ1v) is 6.19. The zero-order valence-electron chi connectivity index (χ0n) is 10.1. The summed E-state index contributed by atoms with van der Waals surface area (Å²) >= 11 is 5.25. The summed E-state index contributed by atoms with van der Waals surface area (Å²) in [5.74, 6) is 0.771. The van der Waals surface area contributed by atoms with E-state index in [9.17, 15) is 0 Å². The summed E-state index contributed by atoms with van der Waals surface area (Å²) in [7, 11) is 0. The Hall–Kier alpha value is -1.95. The van der Waals surface area contributed by atoms with Crippen LogP contribution in [0.15, 0.2) is 24.3 Å². The van der Waals surface area contributed by atoms with Gasteiger partial charge >= 0.3 is 0 Å². The van der Waals surface area contributed by atoms with E-state index in [-0.39, 0.29) is 6.04 Å². The average Bonchev–Trinajstić information content (AvgIpc) is 2.92. The van der Waals surface area contributed by atoms with Crippen molar-refractivity contribution < 1.29 is 0 Å². The Morgan fingerprint density at radius 2 is 1.94 bits per heavy atom. The van der Waals surface area contributed by atoms with Crippen molar-refractivity contribution in [2.75, 3.05) is 0 Å². The van der Waals surface area contributed by atoms with Crippen LogP contribution >= 0.6 is 12.2 Å². The lowest BCUT2D eigenvalue weighted by Crippen LogP contribution is -2.03. The molecule has 2 N–H and O–H groups in total. The summed E-state index contributed by atoms with van der Waals surface area (Å²) in [4.78, 5) is 0. The van der Waals surface area contributed by atoms with Gasteiger partial charge in [0.25, 0.3) is 0 Å². The van der Waals surface area contributed by atoms with Gasteiger partial charge in [-0.3, -0.25) is 14.8 Å². The fraction of sp³-hybridized carbons (Fsp3) is 0.250. The van der Waals surface area contributed by atoms with E-state index in [4.69, 9.17) is 12.2 Å². The van der Waals surface area contributed by atoms with Crippen molar-refractivity contribution in [3.05, 3.63) is 29.0 Å². The van der Waals surface area contributed by atoms with Crippen LogP contribution in [0.5, 0.6) is 0 Å². The summed E-state index contributed by atoms with van der Waals surface area (Å²) in [6, 6.07) is 8.22. The lowest BCUT2D eigenvalue weighted by atomic mass is 10.2. The number of hydrogen-bond acceptors (Lipinski definition) is 3. The molecule has 0 radical (unpaired) electrons. The summed E-state index contributed by atoms with van der Waals surface area (Å²) < 4.78 is 2.59. The highest BCUT2D eigenvalue weighted by Gasteiger charge is 2.16. The molecule has 92 valence electrons. The molecule has 0 atom stereocenters. The fourth-order valence-electron chi connectivity index (χ4n) is 2.08. The van der Waals surface area contributed by atoms with E-state index in [0.29, 0.717) is 4.77 Å². The molecule has 0 aliphatic rings. The summed E-state index contributed by atoms with van der Waals surface area (Å²) in [5, 5.41) is 15.5. The minimum Gasteiger partial charge on any atom is -0.296 e. The maximum Gasteiger partial charge on any atom is 0.195 e. The van der Waals surface area contributed by atoms with Gasteiger partial charge in [0.1, 0.15) is 5.69 Å². The van der Waals surface area contributed by atoms with Crippen LogP contribution < -0.4 is 0 Å². The quantitative estimate of drug-likeness (QED) is 0.695. The predicted molar refractivity (Wildman–Crippen MR) is 72.9 cm³/mol. The van der Waals surface area contributed by atoms with Gasteiger partial charge in [0.2, 0.25) is 0 Å². The first-order chi connectivity index (χ1) is 8.68. The SMILES string of the molecule is CC(C)n1c(-c2n[nH]c3ccccc23)n[nH]c1=S. The van der Waals surface area contributed by atoms with Crippen LogP contribution in [0.2, 0.25) is 0 Å². The first kappa shape index (κ1) is 11.2. The van der Waals surface area contributed by atoms with E-state index in [2.05, 4.69) is 34.2 Å². The largest absolute Gasteiger partial charge is 0.296 e. The maximum atomic E-state index is 5.25. The zero-order valence-corrected chi connectivity index (χ0v) is 11.0. The topological polar surface area (TPSA) is 62.3 Å². The molecular formula is C12H13N5S. The minimum absolute atomic E-state index is 0.238. The van der Waals surface area contributed by atoms with Gasteiger partial charge in [-0.2, -0.15) is 10.2 Å². The van der Waals surface area contributed by atoms with Crippen LogP contribution in [-0.4, -0.2) is 25.0 Å². The van der Waals surface area contributed by atoms with Crippen LogP contribution in [0.1, 0.15) is 19.9 Å². The minimum atomic E-state index is 0.238. The highest BCUT2D eigenvalue weighted by Crippen LogP contribution is 2.26. The Balaban J connectivity index is 2.30. The van der Waals surface area contributed by atoms with E-state index >= 15 is 0 Å². The van der Waals surface area contributed by atoms with Crippen LogP contribution in [0.25, 0.3) is 22.4 Å². The predicted octanol–water partition coefficient (Wildman–Crippen LogP) is 3.06. The van der Waals surface area contributed by atoms with Gasteiger partial charge in [-0.25, -0.2) is 0 Å². The smallest absolute Gasteiger partial charge is 0.195 e. The molecule has 3 aromatic rings. The van der Waals surface area contributed by atoms with Gasteiger partial charge in [0.15, 0.2) is 10.6 Å². The molecule has 0 amide bonds. The number of para-hydroxylation sites is 1. The lowest BCUT2D eigenvalue weighted by Gasteiger charge is -2.08. The van der Waals surface area contributed by atoms with Crippen molar-refractivity contribution in [1.29, 1.82) is 0 Å². The average molecular weight is 259 g/mol. The number of aromatic nitrogens is 5. The third-order valence-electron chi connectivity index (χ3n) is 2.90. The number of H-pyrrole nitrogens is 2. The van der Waals surface area contributed by atoms with E-state index in [1.807, 2.05) is 28.8 Å². The van der Waals surface area contributed by atoms with Crippen LogP contribution in [0, 0.1) is 4.77 Å². The van der Waals surface area contributed by atoms with Crippen LogP contribution in [0.4, 0.5) is 0 Å². The Morgan fingerprint density at radius 1 is 1.17 bits per heavy atom. The van der Waals surface area contributed by atoms with Crippen molar-refractivity contribution in [3.8, 4) is 11.5 Å². The first-order valence-electron chi connectivity index (χ1n) is 5.79. The molecule has 6 heteroatoms. The molecule has 18 heavy (non-hydrogen) atoms. The lowest BCUT2D eigenvalue weighted by molar-refractivity contribution is 0.596. The van der Waals surface area contributed by atoms with E-state index < -0.39 is 0 Å². The highest BCUT2D eigenvalue weighted by atomic mass is 32.1. The van der Waals surface area contributed by atoms with E-state index in [0.717, 1.165) is 22.4 Å². The molecule has 0 saturated carbocycles. The molecule has 0 unspecified atom stereocenters. The maximum absolute atomic E-state index is 5.25. The molecule has 0 aliphatic carbocycles. The molecule has 2 aromatic heterocycles. The molecule has 0 aliphatic heterocycles. The van der Waals surface area contributed by atoms with Crippen LogP contribution in [0.3, 0.4) is 0 Å². The second-order valence-corrected chi connectivity index (χ2v) is 4.82. The molecule has 0 bridgehead atoms. The van der Waals surface area contributed by atoms with E-state index in [1.165, 1.54) is 0 Å². The molecule has 0 fully saturated rings. The van der Waals surface area contributed by atoms with Gasteiger partial charge in [-0.15, -0.1) is 0 Å². The van der Waals surface area contributed by atoms with Gasteiger partial charge in [0.05, 0.1) is 5.52 Å². The molecule has 5 nitrogen and oxygen atoms in total. The summed E-state index contributed by atoms with van der Waals surface area (Å²) in [5.41, 5.74) is 1.82. The number of nitrogens with zero attached hydrogens (tertiary/aromatic N) is 3. The number of nitrogens with one attached hydrogen (secondary N) is 2. The number of rotatable bonds is 2. The Labute approximate surface area is 109 Å². The van der Waals surface area contributed by atoms with Gasteiger partial charge in [0, 0.05) is 11.4 Å². The number of fused-ring (bicyclic) bond motifs is 1. The summed E-state index contributed by atoms with van der Waals surface area (Å²) in [6.45, 7) is 4.15. The Kier molecular flexibility index (Phi) is 2.52. The zero-order chi connectivity index (χ0) is 12.7. The number of aromatic amines is 2. The summed E-state index contributed by atoms with van der Waals surface area (Å²) in [6.07, 6.45) is 0. The molecular weight excluding hydrogens is 246 g/mol. The van der Waals surface area contributed by atoms with E-state index in [1.54, 1.807) is 0 Å².